The molecule has 0 bridgehead atoms. The number of para-hydroxylation sites is 1. The standard InChI is InChI=1S/C22H13FN4O6/c23-15-7-3-4-8-16(15)24-19-20(22(29)14-6-2-1-5-13(14)21(19)28)25-17-10-9-12(26(30)31)11-18(17)27(32)33/h1-11,24-25H. The lowest BCUT2D eigenvalue weighted by Gasteiger charge is -2.23. The van der Waals surface area contributed by atoms with Gasteiger partial charge in [-0.15, -0.1) is 0 Å². The van der Waals surface area contributed by atoms with Crippen molar-refractivity contribution in [3.05, 3.63) is 115 Å². The Morgan fingerprint density at radius 1 is 0.697 bits per heavy atom. The Morgan fingerprint density at radius 3 is 1.79 bits per heavy atom. The molecule has 3 aromatic rings. The molecule has 33 heavy (non-hydrogen) atoms. The van der Waals surface area contributed by atoms with Crippen LogP contribution in [0.25, 0.3) is 0 Å². The number of carbonyl (C=O) groups is 2. The Balaban J connectivity index is 1.87. The van der Waals surface area contributed by atoms with Gasteiger partial charge in [0.1, 0.15) is 22.9 Å². The number of Topliss-reactive ketones (excluding diaryl/α,β-unsaturated/α-hetero) is 2. The number of halogens is 1. The highest BCUT2D eigenvalue weighted by atomic mass is 19.1. The molecule has 0 saturated carbocycles. The minimum absolute atomic E-state index is 0.0497. The third kappa shape index (κ3) is 3.90. The molecule has 0 heterocycles. The van der Waals surface area contributed by atoms with E-state index in [0.717, 1.165) is 24.3 Å². The van der Waals surface area contributed by atoms with Crippen molar-refractivity contribution in [3.63, 3.8) is 0 Å². The molecule has 1 aliphatic carbocycles. The van der Waals surface area contributed by atoms with E-state index in [4.69, 9.17) is 0 Å². The predicted molar refractivity (Wildman–Crippen MR) is 116 cm³/mol. The van der Waals surface area contributed by atoms with Crippen molar-refractivity contribution in [2.75, 3.05) is 10.6 Å². The van der Waals surface area contributed by atoms with Crippen molar-refractivity contribution in [1.82, 2.24) is 0 Å². The molecule has 1 aliphatic rings. The van der Waals surface area contributed by atoms with Crippen LogP contribution in [0.1, 0.15) is 20.7 Å². The van der Waals surface area contributed by atoms with Crippen molar-refractivity contribution in [1.29, 1.82) is 0 Å². The number of benzene rings is 3. The zero-order chi connectivity index (χ0) is 23.7. The van der Waals surface area contributed by atoms with Crippen molar-refractivity contribution < 1.29 is 23.8 Å². The number of ketones is 2. The first-order valence-electron chi connectivity index (χ1n) is 9.42. The summed E-state index contributed by atoms with van der Waals surface area (Å²) in [6.07, 6.45) is 0. The summed E-state index contributed by atoms with van der Waals surface area (Å²) in [7, 11) is 0. The summed E-state index contributed by atoms with van der Waals surface area (Å²) >= 11 is 0. The number of anilines is 2. The van der Waals surface area contributed by atoms with Gasteiger partial charge in [-0.3, -0.25) is 29.8 Å². The maximum Gasteiger partial charge on any atom is 0.299 e. The highest BCUT2D eigenvalue weighted by Gasteiger charge is 2.34. The molecular formula is C22H13FN4O6. The fourth-order valence-electron chi connectivity index (χ4n) is 3.34. The van der Waals surface area contributed by atoms with E-state index in [1.54, 1.807) is 12.1 Å². The van der Waals surface area contributed by atoms with Gasteiger partial charge in [-0.05, 0) is 18.2 Å². The smallest absolute Gasteiger partial charge is 0.299 e. The van der Waals surface area contributed by atoms with E-state index in [1.165, 1.54) is 30.3 Å². The second-order valence-electron chi connectivity index (χ2n) is 6.90. The number of nitro benzene ring substituents is 2. The van der Waals surface area contributed by atoms with Crippen molar-refractivity contribution in [2.24, 2.45) is 0 Å². The molecule has 0 aromatic heterocycles. The molecule has 0 fully saturated rings. The van der Waals surface area contributed by atoms with E-state index in [-0.39, 0.29) is 33.9 Å². The molecule has 2 N–H and O–H groups in total. The molecule has 0 spiro atoms. The number of allylic oxidation sites excluding steroid dienone is 2. The van der Waals surface area contributed by atoms with Gasteiger partial charge in [0.2, 0.25) is 11.6 Å². The monoisotopic (exact) mass is 448 g/mol. The Hall–Kier alpha value is -4.93. The minimum atomic E-state index is -0.858. The van der Waals surface area contributed by atoms with E-state index in [9.17, 15) is 34.2 Å². The molecule has 3 aromatic carbocycles. The van der Waals surface area contributed by atoms with E-state index < -0.39 is 38.6 Å². The average molecular weight is 448 g/mol. The van der Waals surface area contributed by atoms with Gasteiger partial charge >= 0.3 is 0 Å². The van der Waals surface area contributed by atoms with Gasteiger partial charge in [-0.1, -0.05) is 36.4 Å². The summed E-state index contributed by atoms with van der Waals surface area (Å²) in [6, 6.07) is 14.2. The fraction of sp³-hybridized carbons (Fsp3) is 0. The average Bonchev–Trinajstić information content (AvgIpc) is 2.80. The second kappa shape index (κ2) is 8.30. The molecule has 4 rings (SSSR count). The van der Waals surface area contributed by atoms with Gasteiger partial charge in [-0.25, -0.2) is 4.39 Å². The van der Waals surface area contributed by atoms with Crippen LogP contribution in [0.4, 0.5) is 27.1 Å². The Kier molecular flexibility index (Phi) is 5.36. The SMILES string of the molecule is O=C1C(Nc2ccccc2F)=C(Nc2ccc([N+](=O)[O-])cc2[N+](=O)[O-])C(=O)c2ccccc21. The number of fused-ring (bicyclic) bond motifs is 1. The lowest BCUT2D eigenvalue weighted by atomic mass is 9.90. The number of nitro groups is 2. The molecular weight excluding hydrogens is 435 g/mol. The van der Waals surface area contributed by atoms with Crippen LogP contribution < -0.4 is 10.6 Å². The summed E-state index contributed by atoms with van der Waals surface area (Å²) in [5, 5.41) is 27.7. The van der Waals surface area contributed by atoms with Crippen LogP contribution in [0.3, 0.4) is 0 Å². The maximum absolute atomic E-state index is 14.3. The summed E-state index contributed by atoms with van der Waals surface area (Å²) in [6.45, 7) is 0. The third-order valence-electron chi connectivity index (χ3n) is 4.90. The maximum atomic E-state index is 14.3. The number of rotatable bonds is 6. The van der Waals surface area contributed by atoms with Crippen molar-refractivity contribution >= 4 is 34.3 Å². The van der Waals surface area contributed by atoms with Crippen LogP contribution in [0.15, 0.2) is 78.1 Å². The van der Waals surface area contributed by atoms with Gasteiger partial charge in [-0.2, -0.15) is 0 Å². The van der Waals surface area contributed by atoms with E-state index in [0.29, 0.717) is 0 Å². The Bertz CT molecular complexity index is 1380. The molecule has 0 atom stereocenters. The van der Waals surface area contributed by atoms with Crippen LogP contribution in [0.5, 0.6) is 0 Å². The summed E-state index contributed by atoms with van der Waals surface area (Å²) in [5.74, 6) is -2.00. The second-order valence-corrected chi connectivity index (χ2v) is 6.90. The number of nitrogens with zero attached hydrogens (tertiary/aromatic N) is 2. The number of non-ortho nitro benzene ring substituents is 1. The Labute approximate surface area is 184 Å². The van der Waals surface area contributed by atoms with Crippen LogP contribution in [-0.4, -0.2) is 21.4 Å². The molecule has 0 saturated heterocycles. The summed E-state index contributed by atoms with van der Waals surface area (Å²) in [5.41, 5.74) is -2.11. The van der Waals surface area contributed by atoms with Crippen LogP contribution in [0, 0.1) is 26.0 Å². The largest absolute Gasteiger partial charge is 0.348 e. The normalized spacial score (nSPS) is 12.9. The van der Waals surface area contributed by atoms with E-state index >= 15 is 0 Å². The highest BCUT2D eigenvalue weighted by molar-refractivity contribution is 6.28. The number of hydrogen-bond acceptors (Lipinski definition) is 8. The first-order chi connectivity index (χ1) is 15.8. The van der Waals surface area contributed by atoms with Crippen LogP contribution in [0.2, 0.25) is 0 Å². The summed E-state index contributed by atoms with van der Waals surface area (Å²) in [4.78, 5) is 47.3. The molecule has 164 valence electrons. The first-order valence-corrected chi connectivity index (χ1v) is 9.42. The van der Waals surface area contributed by atoms with E-state index in [1.807, 2.05) is 0 Å². The number of hydrogen-bond donors (Lipinski definition) is 2. The van der Waals surface area contributed by atoms with Crippen molar-refractivity contribution in [3.8, 4) is 0 Å². The van der Waals surface area contributed by atoms with Gasteiger partial charge in [0.15, 0.2) is 0 Å². The zero-order valence-electron chi connectivity index (χ0n) is 16.6. The number of carbonyl (C=O) groups excluding carboxylic acids is 2. The first kappa shape index (κ1) is 21.3. The zero-order valence-corrected chi connectivity index (χ0v) is 16.6. The molecule has 0 unspecified atom stereocenters. The fourth-order valence-corrected chi connectivity index (χ4v) is 3.34. The van der Waals surface area contributed by atoms with Gasteiger partial charge in [0.05, 0.1) is 21.6 Å². The molecule has 0 aliphatic heterocycles. The van der Waals surface area contributed by atoms with Gasteiger partial charge in [0, 0.05) is 17.2 Å². The predicted octanol–water partition coefficient (Wildman–Crippen LogP) is 4.46. The molecule has 10 nitrogen and oxygen atoms in total. The topological polar surface area (TPSA) is 144 Å². The minimum Gasteiger partial charge on any atom is -0.348 e. The molecule has 0 radical (unpaired) electrons. The van der Waals surface area contributed by atoms with E-state index in [2.05, 4.69) is 10.6 Å². The lowest BCUT2D eigenvalue weighted by molar-refractivity contribution is -0.393. The van der Waals surface area contributed by atoms with Crippen LogP contribution in [-0.2, 0) is 0 Å². The lowest BCUT2D eigenvalue weighted by Crippen LogP contribution is -2.30. The quantitative estimate of drug-likeness (QED) is 0.415. The number of nitrogens with one attached hydrogen (secondary N) is 2. The molecule has 11 heteroatoms. The Morgan fingerprint density at radius 2 is 1.24 bits per heavy atom. The third-order valence-corrected chi connectivity index (χ3v) is 4.90. The molecule has 0 amide bonds. The van der Waals surface area contributed by atoms with Crippen molar-refractivity contribution in [2.45, 2.75) is 0 Å². The highest BCUT2D eigenvalue weighted by Crippen LogP contribution is 2.34. The van der Waals surface area contributed by atoms with Gasteiger partial charge in [0.25, 0.3) is 11.4 Å². The summed E-state index contributed by atoms with van der Waals surface area (Å²) < 4.78 is 14.3. The van der Waals surface area contributed by atoms with Crippen LogP contribution >= 0.6 is 0 Å². The van der Waals surface area contributed by atoms with Gasteiger partial charge < -0.3 is 10.6 Å².